The van der Waals surface area contributed by atoms with Gasteiger partial charge in [-0.1, -0.05) is 35.4 Å². The highest BCUT2D eigenvalue weighted by Crippen LogP contribution is 2.26. The SMILES string of the molecule is Cc1[nH]c(-c2cc(Cl)cc(Cl)c2)nc(=S)c1Br. The monoisotopic (exact) mass is 348 g/mol. The Labute approximate surface area is 122 Å². The fraction of sp³-hybridized carbons (Fsp3) is 0.0909. The van der Waals surface area contributed by atoms with E-state index in [1.165, 1.54) is 0 Å². The zero-order valence-electron chi connectivity index (χ0n) is 8.72. The standard InChI is InChI=1S/C11H7BrCl2N2S/c1-5-9(12)11(17)16-10(15-5)6-2-7(13)4-8(14)3-6/h2-4H,1H3,(H,15,16,17). The maximum Gasteiger partial charge on any atom is 0.144 e. The number of benzene rings is 1. The Morgan fingerprint density at radius 1 is 1.24 bits per heavy atom. The summed E-state index contributed by atoms with van der Waals surface area (Å²) in [5.41, 5.74) is 1.72. The van der Waals surface area contributed by atoms with Gasteiger partial charge in [0.25, 0.3) is 0 Å². The number of aryl methyl sites for hydroxylation is 1. The van der Waals surface area contributed by atoms with Crippen LogP contribution in [0.2, 0.25) is 10.0 Å². The maximum absolute atomic E-state index is 5.95. The first-order chi connectivity index (χ1) is 7.97. The summed E-state index contributed by atoms with van der Waals surface area (Å²) < 4.78 is 1.30. The van der Waals surface area contributed by atoms with Gasteiger partial charge in [-0.2, -0.15) is 0 Å². The van der Waals surface area contributed by atoms with Crippen LogP contribution in [-0.2, 0) is 0 Å². The molecule has 0 spiro atoms. The Kier molecular flexibility index (Phi) is 3.88. The van der Waals surface area contributed by atoms with Gasteiger partial charge in [-0.25, -0.2) is 4.98 Å². The zero-order valence-corrected chi connectivity index (χ0v) is 12.6. The minimum atomic E-state index is 0.507. The second-order valence-corrected chi connectivity index (χ2v) is 5.54. The van der Waals surface area contributed by atoms with Crippen LogP contribution in [0.25, 0.3) is 11.4 Å². The first kappa shape index (κ1) is 13.0. The maximum atomic E-state index is 5.95. The van der Waals surface area contributed by atoms with Gasteiger partial charge in [-0.15, -0.1) is 0 Å². The Morgan fingerprint density at radius 2 is 1.82 bits per heavy atom. The van der Waals surface area contributed by atoms with Crippen LogP contribution in [0, 0.1) is 11.6 Å². The summed E-state index contributed by atoms with van der Waals surface area (Å²) >= 11 is 20.4. The van der Waals surface area contributed by atoms with Gasteiger partial charge in [-0.05, 0) is 41.1 Å². The summed E-state index contributed by atoms with van der Waals surface area (Å²) in [6.07, 6.45) is 0. The average Bonchev–Trinajstić information content (AvgIpc) is 2.23. The molecule has 17 heavy (non-hydrogen) atoms. The topological polar surface area (TPSA) is 28.7 Å². The Hall–Kier alpha value is -0.420. The van der Waals surface area contributed by atoms with Gasteiger partial charge in [0.2, 0.25) is 0 Å². The lowest BCUT2D eigenvalue weighted by molar-refractivity contribution is 1.08. The van der Waals surface area contributed by atoms with Crippen molar-refractivity contribution in [3.8, 4) is 11.4 Å². The molecule has 0 fully saturated rings. The smallest absolute Gasteiger partial charge is 0.144 e. The van der Waals surface area contributed by atoms with Gasteiger partial charge < -0.3 is 4.98 Å². The predicted octanol–water partition coefficient (Wildman–Crippen LogP) is 5.18. The third kappa shape index (κ3) is 2.88. The molecule has 2 nitrogen and oxygen atoms in total. The lowest BCUT2D eigenvalue weighted by Gasteiger charge is -2.06. The molecule has 0 atom stereocenters. The van der Waals surface area contributed by atoms with Crippen LogP contribution >= 0.6 is 51.3 Å². The van der Waals surface area contributed by atoms with Crippen molar-refractivity contribution in [3.05, 3.63) is 43.1 Å². The van der Waals surface area contributed by atoms with Crippen LogP contribution in [0.5, 0.6) is 0 Å². The van der Waals surface area contributed by atoms with Crippen LogP contribution in [0.3, 0.4) is 0 Å². The normalized spacial score (nSPS) is 10.6. The van der Waals surface area contributed by atoms with Crippen molar-refractivity contribution >= 4 is 51.3 Å². The van der Waals surface area contributed by atoms with Crippen LogP contribution in [0.15, 0.2) is 22.7 Å². The van der Waals surface area contributed by atoms with Crippen molar-refractivity contribution in [1.29, 1.82) is 0 Å². The Bertz CT molecular complexity index is 620. The highest BCUT2D eigenvalue weighted by atomic mass is 79.9. The number of rotatable bonds is 1. The van der Waals surface area contributed by atoms with E-state index in [0.717, 1.165) is 15.7 Å². The second-order valence-electron chi connectivity index (χ2n) is 3.49. The molecule has 6 heteroatoms. The number of aromatic amines is 1. The minimum absolute atomic E-state index is 0.507. The third-order valence-electron chi connectivity index (χ3n) is 2.17. The van der Waals surface area contributed by atoms with Gasteiger partial charge in [0.1, 0.15) is 10.5 Å². The minimum Gasteiger partial charge on any atom is -0.342 e. The third-order valence-corrected chi connectivity index (χ3v) is 4.14. The number of hydrogen-bond donors (Lipinski definition) is 1. The van der Waals surface area contributed by atoms with Crippen molar-refractivity contribution in [1.82, 2.24) is 9.97 Å². The molecule has 88 valence electrons. The summed E-state index contributed by atoms with van der Waals surface area (Å²) in [7, 11) is 0. The summed E-state index contributed by atoms with van der Waals surface area (Å²) in [6, 6.07) is 5.25. The van der Waals surface area contributed by atoms with Crippen molar-refractivity contribution in [3.63, 3.8) is 0 Å². The molecule has 0 bridgehead atoms. The summed E-state index contributed by atoms with van der Waals surface area (Å²) in [4.78, 5) is 7.43. The van der Waals surface area contributed by atoms with Gasteiger partial charge in [0.05, 0.1) is 4.47 Å². The highest BCUT2D eigenvalue weighted by molar-refractivity contribution is 9.10. The quantitative estimate of drug-likeness (QED) is 0.718. The van der Waals surface area contributed by atoms with E-state index in [0.29, 0.717) is 20.5 Å². The largest absolute Gasteiger partial charge is 0.342 e. The number of nitrogens with zero attached hydrogens (tertiary/aromatic N) is 1. The fourth-order valence-electron chi connectivity index (χ4n) is 1.40. The van der Waals surface area contributed by atoms with Gasteiger partial charge >= 0.3 is 0 Å². The molecule has 2 rings (SSSR count). The van der Waals surface area contributed by atoms with E-state index >= 15 is 0 Å². The van der Waals surface area contributed by atoms with Crippen molar-refractivity contribution < 1.29 is 0 Å². The molecule has 0 amide bonds. The molecule has 1 N–H and O–H groups in total. The number of nitrogens with one attached hydrogen (secondary N) is 1. The lowest BCUT2D eigenvalue weighted by Crippen LogP contribution is -1.94. The van der Waals surface area contributed by atoms with Crippen LogP contribution < -0.4 is 0 Å². The molecule has 0 aliphatic rings. The molecule has 1 aromatic carbocycles. The molecule has 1 heterocycles. The summed E-state index contributed by atoms with van der Waals surface area (Å²) in [5.74, 6) is 0.653. The number of hydrogen-bond acceptors (Lipinski definition) is 2. The summed E-state index contributed by atoms with van der Waals surface area (Å²) in [6.45, 7) is 1.91. The van der Waals surface area contributed by atoms with E-state index in [-0.39, 0.29) is 0 Å². The van der Waals surface area contributed by atoms with E-state index in [4.69, 9.17) is 35.4 Å². The van der Waals surface area contributed by atoms with Crippen LogP contribution in [0.1, 0.15) is 5.69 Å². The van der Waals surface area contributed by atoms with Gasteiger partial charge in [-0.3, -0.25) is 0 Å². The predicted molar refractivity (Wildman–Crippen MR) is 77.3 cm³/mol. The molecule has 0 radical (unpaired) electrons. The van der Waals surface area contributed by atoms with E-state index in [2.05, 4.69) is 25.9 Å². The Morgan fingerprint density at radius 3 is 2.35 bits per heavy atom. The van der Waals surface area contributed by atoms with E-state index in [1.54, 1.807) is 18.2 Å². The van der Waals surface area contributed by atoms with E-state index in [1.807, 2.05) is 6.92 Å². The number of aromatic nitrogens is 2. The van der Waals surface area contributed by atoms with Gasteiger partial charge in [0.15, 0.2) is 0 Å². The van der Waals surface area contributed by atoms with E-state index in [9.17, 15) is 0 Å². The molecule has 0 aliphatic carbocycles. The van der Waals surface area contributed by atoms with Crippen LogP contribution in [-0.4, -0.2) is 9.97 Å². The zero-order chi connectivity index (χ0) is 12.6. The van der Waals surface area contributed by atoms with Crippen molar-refractivity contribution in [2.24, 2.45) is 0 Å². The lowest BCUT2D eigenvalue weighted by atomic mass is 10.2. The summed E-state index contributed by atoms with van der Waals surface area (Å²) in [5, 5.41) is 1.13. The van der Waals surface area contributed by atoms with Gasteiger partial charge in [0, 0.05) is 21.3 Å². The first-order valence-corrected chi connectivity index (χ1v) is 6.66. The average molecular weight is 350 g/mol. The highest BCUT2D eigenvalue weighted by Gasteiger charge is 2.06. The Balaban J connectivity index is 2.65. The molecule has 1 aromatic heterocycles. The number of halogens is 3. The molecule has 0 saturated heterocycles. The molecule has 0 unspecified atom stereocenters. The van der Waals surface area contributed by atoms with Crippen molar-refractivity contribution in [2.75, 3.05) is 0 Å². The van der Waals surface area contributed by atoms with Crippen molar-refractivity contribution in [2.45, 2.75) is 6.92 Å². The van der Waals surface area contributed by atoms with E-state index < -0.39 is 0 Å². The van der Waals surface area contributed by atoms with Crippen LogP contribution in [0.4, 0.5) is 0 Å². The second kappa shape index (κ2) is 5.06. The molecule has 0 aliphatic heterocycles. The molecular weight excluding hydrogens is 343 g/mol. The molecular formula is C11H7BrCl2N2S. The first-order valence-electron chi connectivity index (χ1n) is 4.70. The molecule has 2 aromatic rings. The fourth-order valence-corrected chi connectivity index (χ4v) is 2.36. The molecule has 0 saturated carbocycles. The number of H-pyrrole nitrogens is 1.